The lowest BCUT2D eigenvalue weighted by molar-refractivity contribution is -0.384. The van der Waals surface area contributed by atoms with Crippen LogP contribution >= 0.6 is 0 Å². The molecule has 2 rings (SSSR count). The van der Waals surface area contributed by atoms with Crippen LogP contribution in [0.4, 0.5) is 17.3 Å². The maximum atomic E-state index is 11.1. The standard InChI is InChI=1S/C13H20N4O2/c1-4-14-12-6-5-11(17(18)19)13(15-12)16-7-9(2)10(3)8-16/h5-6,9-10H,4,7-8H2,1-3H3,(H,14,15). The van der Waals surface area contributed by atoms with E-state index in [1.54, 1.807) is 6.07 Å². The minimum atomic E-state index is -0.355. The lowest BCUT2D eigenvalue weighted by atomic mass is 10.0. The lowest BCUT2D eigenvalue weighted by Crippen LogP contribution is -2.22. The molecule has 2 atom stereocenters. The summed E-state index contributed by atoms with van der Waals surface area (Å²) >= 11 is 0. The molecule has 1 saturated heterocycles. The number of hydrogen-bond acceptors (Lipinski definition) is 5. The smallest absolute Gasteiger partial charge is 0.311 e. The molecule has 1 N–H and O–H groups in total. The van der Waals surface area contributed by atoms with Crippen LogP contribution in [0.2, 0.25) is 0 Å². The predicted molar refractivity (Wildman–Crippen MR) is 75.6 cm³/mol. The van der Waals surface area contributed by atoms with Crippen molar-refractivity contribution in [3.8, 4) is 0 Å². The number of pyridine rings is 1. The van der Waals surface area contributed by atoms with Crippen LogP contribution in [-0.4, -0.2) is 29.5 Å². The van der Waals surface area contributed by atoms with Gasteiger partial charge in [-0.05, 0) is 24.8 Å². The highest BCUT2D eigenvalue weighted by Gasteiger charge is 2.31. The Balaban J connectivity index is 2.35. The zero-order chi connectivity index (χ0) is 14.0. The Kier molecular flexibility index (Phi) is 3.87. The van der Waals surface area contributed by atoms with Gasteiger partial charge in [-0.3, -0.25) is 10.1 Å². The van der Waals surface area contributed by atoms with Crippen molar-refractivity contribution >= 4 is 17.3 Å². The second-order valence-electron chi connectivity index (χ2n) is 5.19. The number of nitrogens with zero attached hydrogens (tertiary/aromatic N) is 3. The summed E-state index contributed by atoms with van der Waals surface area (Å²) in [4.78, 5) is 17.2. The molecule has 0 amide bonds. The molecule has 104 valence electrons. The minimum Gasteiger partial charge on any atom is -0.370 e. The third-order valence-electron chi connectivity index (χ3n) is 3.70. The number of hydrogen-bond donors (Lipinski definition) is 1. The molecule has 1 aliphatic rings. The van der Waals surface area contributed by atoms with E-state index < -0.39 is 0 Å². The van der Waals surface area contributed by atoms with Crippen LogP contribution in [-0.2, 0) is 0 Å². The molecular weight excluding hydrogens is 244 g/mol. The summed E-state index contributed by atoms with van der Waals surface area (Å²) in [7, 11) is 0. The summed E-state index contributed by atoms with van der Waals surface area (Å²) < 4.78 is 0. The van der Waals surface area contributed by atoms with E-state index >= 15 is 0 Å². The normalized spacial score (nSPS) is 22.6. The quantitative estimate of drug-likeness (QED) is 0.668. The fourth-order valence-corrected chi connectivity index (χ4v) is 2.40. The minimum absolute atomic E-state index is 0.0861. The zero-order valence-electron chi connectivity index (χ0n) is 11.6. The van der Waals surface area contributed by atoms with Crippen molar-refractivity contribution in [2.75, 3.05) is 29.9 Å². The summed E-state index contributed by atoms with van der Waals surface area (Å²) in [5, 5.41) is 14.2. The highest BCUT2D eigenvalue weighted by molar-refractivity contribution is 5.62. The molecule has 1 aromatic rings. The first kappa shape index (κ1) is 13.6. The molecule has 0 aliphatic carbocycles. The fourth-order valence-electron chi connectivity index (χ4n) is 2.40. The molecule has 0 radical (unpaired) electrons. The highest BCUT2D eigenvalue weighted by Crippen LogP contribution is 2.33. The summed E-state index contributed by atoms with van der Waals surface area (Å²) in [5.74, 6) is 2.24. The maximum absolute atomic E-state index is 11.1. The molecule has 2 unspecified atom stereocenters. The molecule has 0 spiro atoms. The first-order chi connectivity index (χ1) is 9.02. The molecule has 6 nitrogen and oxygen atoms in total. The van der Waals surface area contributed by atoms with Crippen molar-refractivity contribution in [1.82, 2.24) is 4.98 Å². The average molecular weight is 264 g/mol. The summed E-state index contributed by atoms with van der Waals surface area (Å²) in [5.41, 5.74) is 0.0861. The van der Waals surface area contributed by atoms with Crippen molar-refractivity contribution in [3.05, 3.63) is 22.2 Å². The first-order valence-corrected chi connectivity index (χ1v) is 6.67. The molecule has 1 fully saturated rings. The average Bonchev–Trinajstić information content (AvgIpc) is 2.69. The van der Waals surface area contributed by atoms with Crippen molar-refractivity contribution in [1.29, 1.82) is 0 Å². The van der Waals surface area contributed by atoms with Crippen molar-refractivity contribution in [2.24, 2.45) is 11.8 Å². The van der Waals surface area contributed by atoms with E-state index in [2.05, 4.69) is 24.1 Å². The number of nitrogens with one attached hydrogen (secondary N) is 1. The van der Waals surface area contributed by atoms with Crippen LogP contribution in [0.1, 0.15) is 20.8 Å². The van der Waals surface area contributed by atoms with E-state index in [0.717, 1.165) is 19.6 Å². The van der Waals surface area contributed by atoms with Crippen LogP contribution in [0.15, 0.2) is 12.1 Å². The van der Waals surface area contributed by atoms with Gasteiger partial charge >= 0.3 is 5.69 Å². The highest BCUT2D eigenvalue weighted by atomic mass is 16.6. The Hall–Kier alpha value is -1.85. The molecule has 0 saturated carbocycles. The SMILES string of the molecule is CCNc1ccc([N+](=O)[O-])c(N2CC(C)C(C)C2)n1. The van der Waals surface area contributed by atoms with E-state index in [4.69, 9.17) is 0 Å². The second kappa shape index (κ2) is 5.42. The van der Waals surface area contributed by atoms with E-state index in [1.165, 1.54) is 6.07 Å². The summed E-state index contributed by atoms with van der Waals surface area (Å²) in [6.45, 7) is 8.71. The lowest BCUT2D eigenvalue weighted by Gasteiger charge is -2.18. The van der Waals surface area contributed by atoms with Crippen LogP contribution < -0.4 is 10.2 Å². The number of nitro groups is 1. The summed E-state index contributed by atoms with van der Waals surface area (Å²) in [6.07, 6.45) is 0. The molecule has 0 aromatic carbocycles. The van der Waals surface area contributed by atoms with Gasteiger partial charge in [-0.15, -0.1) is 0 Å². The zero-order valence-corrected chi connectivity index (χ0v) is 11.6. The van der Waals surface area contributed by atoms with Gasteiger partial charge in [0.05, 0.1) is 4.92 Å². The fraction of sp³-hybridized carbons (Fsp3) is 0.615. The number of anilines is 2. The Labute approximate surface area is 113 Å². The van der Waals surface area contributed by atoms with Gasteiger partial charge in [-0.2, -0.15) is 0 Å². The number of rotatable bonds is 4. The Morgan fingerprint density at radius 3 is 2.58 bits per heavy atom. The van der Waals surface area contributed by atoms with Crippen LogP contribution in [0.5, 0.6) is 0 Å². The Morgan fingerprint density at radius 2 is 2.05 bits per heavy atom. The third kappa shape index (κ3) is 2.77. The van der Waals surface area contributed by atoms with Gasteiger partial charge in [0, 0.05) is 25.7 Å². The van der Waals surface area contributed by atoms with Crippen molar-refractivity contribution < 1.29 is 4.92 Å². The van der Waals surface area contributed by atoms with Gasteiger partial charge in [-0.25, -0.2) is 4.98 Å². The Bertz CT molecular complexity index is 468. The molecule has 6 heteroatoms. The van der Waals surface area contributed by atoms with E-state index in [0.29, 0.717) is 23.5 Å². The van der Waals surface area contributed by atoms with Gasteiger partial charge in [-0.1, -0.05) is 13.8 Å². The van der Waals surface area contributed by atoms with Crippen LogP contribution in [0.3, 0.4) is 0 Å². The van der Waals surface area contributed by atoms with Crippen molar-refractivity contribution in [2.45, 2.75) is 20.8 Å². The molecule has 2 heterocycles. The first-order valence-electron chi connectivity index (χ1n) is 6.67. The van der Waals surface area contributed by atoms with Gasteiger partial charge in [0.15, 0.2) is 0 Å². The third-order valence-corrected chi connectivity index (χ3v) is 3.70. The van der Waals surface area contributed by atoms with Crippen LogP contribution in [0, 0.1) is 22.0 Å². The van der Waals surface area contributed by atoms with E-state index in [1.807, 2.05) is 11.8 Å². The topological polar surface area (TPSA) is 71.3 Å². The number of aromatic nitrogens is 1. The molecule has 1 aliphatic heterocycles. The largest absolute Gasteiger partial charge is 0.370 e. The van der Waals surface area contributed by atoms with Gasteiger partial charge in [0.1, 0.15) is 5.82 Å². The van der Waals surface area contributed by atoms with Gasteiger partial charge in [0.25, 0.3) is 0 Å². The van der Waals surface area contributed by atoms with Crippen molar-refractivity contribution in [3.63, 3.8) is 0 Å². The van der Waals surface area contributed by atoms with E-state index in [9.17, 15) is 10.1 Å². The maximum Gasteiger partial charge on any atom is 0.311 e. The monoisotopic (exact) mass is 264 g/mol. The Morgan fingerprint density at radius 1 is 1.42 bits per heavy atom. The molecule has 19 heavy (non-hydrogen) atoms. The summed E-state index contributed by atoms with van der Waals surface area (Å²) in [6, 6.07) is 3.20. The second-order valence-corrected chi connectivity index (χ2v) is 5.19. The van der Waals surface area contributed by atoms with Gasteiger partial charge < -0.3 is 10.2 Å². The van der Waals surface area contributed by atoms with Gasteiger partial charge in [0.2, 0.25) is 5.82 Å². The van der Waals surface area contributed by atoms with E-state index in [-0.39, 0.29) is 10.6 Å². The molecule has 1 aromatic heterocycles. The predicted octanol–water partition coefficient (Wildman–Crippen LogP) is 2.51. The van der Waals surface area contributed by atoms with Crippen LogP contribution in [0.25, 0.3) is 0 Å². The molecule has 0 bridgehead atoms. The molecular formula is C13H20N4O2.